The summed E-state index contributed by atoms with van der Waals surface area (Å²) in [5.74, 6) is -0.0629. The van der Waals surface area contributed by atoms with Gasteiger partial charge in [0, 0.05) is 5.56 Å². The molecule has 46 heavy (non-hydrogen) atoms. The number of benzene rings is 4. The summed E-state index contributed by atoms with van der Waals surface area (Å²) >= 11 is 12.2. The first-order chi connectivity index (χ1) is 21.7. The molecule has 0 radical (unpaired) electrons. The van der Waals surface area contributed by atoms with Crippen LogP contribution in [0.15, 0.2) is 84.9 Å². The first-order valence-corrected chi connectivity index (χ1v) is 14.6. The van der Waals surface area contributed by atoms with Crippen LogP contribution in [0.4, 0.5) is 26.3 Å². The summed E-state index contributed by atoms with van der Waals surface area (Å²) in [4.78, 5) is 0. The minimum Gasteiger partial charge on any atom is -0.486 e. The third kappa shape index (κ3) is 6.46. The number of nitriles is 2. The highest BCUT2D eigenvalue weighted by Gasteiger charge is 2.72. The highest BCUT2D eigenvalue weighted by atomic mass is 35.5. The lowest BCUT2D eigenvalue weighted by Gasteiger charge is -2.38. The fourth-order valence-corrected chi connectivity index (χ4v) is 5.61. The van der Waals surface area contributed by atoms with E-state index < -0.39 is 40.4 Å². The molecule has 0 heterocycles. The van der Waals surface area contributed by atoms with Crippen molar-refractivity contribution in [1.29, 1.82) is 10.5 Å². The van der Waals surface area contributed by atoms with E-state index >= 15 is 0 Å². The summed E-state index contributed by atoms with van der Waals surface area (Å²) < 4.78 is 100. The van der Waals surface area contributed by atoms with Crippen molar-refractivity contribution in [2.45, 2.75) is 49.5 Å². The summed E-state index contributed by atoms with van der Waals surface area (Å²) in [6, 6.07) is 20.1. The molecule has 4 aromatic rings. The third-order valence-corrected chi connectivity index (χ3v) is 7.96. The smallest absolute Gasteiger partial charge is 0.411 e. The minimum absolute atomic E-state index is 0.0109. The second-order valence-corrected chi connectivity index (χ2v) is 11.2. The Morgan fingerprint density at radius 3 is 1.70 bits per heavy atom. The Balaban J connectivity index is 1.73. The molecule has 0 amide bonds. The average molecular weight is 677 g/mol. The number of nitrogens with zero attached hydrogens (tertiary/aromatic N) is 2. The van der Waals surface area contributed by atoms with Crippen LogP contribution >= 0.6 is 23.2 Å². The average Bonchev–Trinajstić information content (AvgIpc) is 3.00. The molecule has 238 valence electrons. The molecule has 0 fully saturated rings. The molecule has 4 rings (SSSR count). The van der Waals surface area contributed by atoms with Crippen LogP contribution in [-0.2, 0) is 5.41 Å². The molecule has 0 aliphatic heterocycles. The van der Waals surface area contributed by atoms with E-state index in [0.29, 0.717) is 41.8 Å². The van der Waals surface area contributed by atoms with Gasteiger partial charge in [0.15, 0.2) is 0 Å². The Kier molecular flexibility index (Phi) is 10.2. The van der Waals surface area contributed by atoms with Crippen molar-refractivity contribution in [2.24, 2.45) is 0 Å². The first-order valence-electron chi connectivity index (χ1n) is 13.7. The molecular formula is C34H24Cl2F6N2O2. The van der Waals surface area contributed by atoms with Crippen molar-refractivity contribution in [3.05, 3.63) is 123 Å². The molecule has 0 spiro atoms. The molecule has 2 unspecified atom stereocenters. The molecule has 0 bridgehead atoms. The topological polar surface area (TPSA) is 66.0 Å². The van der Waals surface area contributed by atoms with Gasteiger partial charge in [0.25, 0.3) is 0 Å². The fourth-order valence-electron chi connectivity index (χ4n) is 5.21. The Bertz CT molecular complexity index is 1760. The lowest BCUT2D eigenvalue weighted by atomic mass is 9.73. The number of alkyl halides is 7. The van der Waals surface area contributed by atoms with Crippen molar-refractivity contribution in [3.63, 3.8) is 0 Å². The van der Waals surface area contributed by atoms with Gasteiger partial charge < -0.3 is 9.47 Å². The van der Waals surface area contributed by atoms with Crippen LogP contribution < -0.4 is 9.47 Å². The lowest BCUT2D eigenvalue weighted by Crippen LogP contribution is -2.54. The fraction of sp³-hybridized carbons (Fsp3) is 0.235. The van der Waals surface area contributed by atoms with E-state index in [9.17, 15) is 36.9 Å². The zero-order valence-corrected chi connectivity index (χ0v) is 25.7. The largest absolute Gasteiger partial charge is 0.486 e. The van der Waals surface area contributed by atoms with Gasteiger partial charge in [-0.2, -0.15) is 36.9 Å². The zero-order chi connectivity index (χ0) is 33.9. The van der Waals surface area contributed by atoms with Gasteiger partial charge in [0.1, 0.15) is 35.5 Å². The molecule has 4 aromatic carbocycles. The summed E-state index contributed by atoms with van der Waals surface area (Å²) in [5, 5.41) is 18.7. The maximum absolute atomic E-state index is 14.7. The number of ether oxygens (including phenoxy) is 2. The highest BCUT2D eigenvalue weighted by Crippen LogP contribution is 2.56. The SMILES string of the molecule is CCC(Oc1ccc(C(c2ccc(Oc3cccc(C(C)Cl)c3C#N)cc2)(C(F)(F)F)C(F)(F)F)cc1)c1cccc(Cl)c1C#N. The maximum atomic E-state index is 14.7. The van der Waals surface area contributed by atoms with E-state index in [1.165, 1.54) is 12.1 Å². The van der Waals surface area contributed by atoms with Crippen molar-refractivity contribution < 1.29 is 35.8 Å². The van der Waals surface area contributed by atoms with Crippen LogP contribution in [0.3, 0.4) is 0 Å². The number of halogens is 8. The molecule has 12 heteroatoms. The maximum Gasteiger partial charge on any atom is 0.411 e. The zero-order valence-electron chi connectivity index (χ0n) is 24.2. The number of hydrogen-bond acceptors (Lipinski definition) is 4. The molecule has 4 nitrogen and oxygen atoms in total. The normalized spacial score (nSPS) is 13.3. The van der Waals surface area contributed by atoms with Gasteiger partial charge in [-0.25, -0.2) is 0 Å². The van der Waals surface area contributed by atoms with Crippen molar-refractivity contribution >= 4 is 23.2 Å². The molecule has 0 saturated heterocycles. The monoisotopic (exact) mass is 676 g/mol. The van der Waals surface area contributed by atoms with E-state index in [4.69, 9.17) is 32.7 Å². The van der Waals surface area contributed by atoms with E-state index in [-0.39, 0.29) is 33.4 Å². The Morgan fingerprint density at radius 2 is 1.22 bits per heavy atom. The molecule has 2 atom stereocenters. The van der Waals surface area contributed by atoms with Crippen LogP contribution in [0.2, 0.25) is 5.02 Å². The number of rotatable bonds is 9. The van der Waals surface area contributed by atoms with Crippen molar-refractivity contribution in [1.82, 2.24) is 0 Å². The predicted molar refractivity (Wildman–Crippen MR) is 161 cm³/mol. The summed E-state index contributed by atoms with van der Waals surface area (Å²) in [6.45, 7) is 3.37. The van der Waals surface area contributed by atoms with E-state index in [1.54, 1.807) is 38.1 Å². The van der Waals surface area contributed by atoms with E-state index in [1.807, 2.05) is 12.1 Å². The highest BCUT2D eigenvalue weighted by molar-refractivity contribution is 6.31. The predicted octanol–water partition coefficient (Wildman–Crippen LogP) is 11.1. The van der Waals surface area contributed by atoms with Gasteiger partial charge in [-0.1, -0.05) is 67.1 Å². The van der Waals surface area contributed by atoms with E-state index in [0.717, 1.165) is 24.3 Å². The Hall–Kier alpha value is -4.38. The summed E-state index contributed by atoms with van der Waals surface area (Å²) in [5.41, 5.74) is -5.48. The Morgan fingerprint density at radius 1 is 0.717 bits per heavy atom. The van der Waals surface area contributed by atoms with Gasteiger partial charge >= 0.3 is 12.4 Å². The second kappa shape index (κ2) is 13.5. The third-order valence-electron chi connectivity index (χ3n) is 7.41. The van der Waals surface area contributed by atoms with Crippen LogP contribution in [0, 0.1) is 22.7 Å². The lowest BCUT2D eigenvalue weighted by molar-refractivity contribution is -0.288. The summed E-state index contributed by atoms with van der Waals surface area (Å²) in [7, 11) is 0. The first kappa shape index (κ1) is 34.5. The van der Waals surface area contributed by atoms with Gasteiger partial charge in [0.05, 0.1) is 21.5 Å². The molecule has 0 aromatic heterocycles. The molecule has 0 saturated carbocycles. The number of hydrogen-bond donors (Lipinski definition) is 0. The minimum atomic E-state index is -5.82. The second-order valence-electron chi connectivity index (χ2n) is 10.2. The van der Waals surface area contributed by atoms with E-state index in [2.05, 4.69) is 0 Å². The van der Waals surface area contributed by atoms with Gasteiger partial charge in [0.2, 0.25) is 5.41 Å². The van der Waals surface area contributed by atoms with Crippen LogP contribution in [0.1, 0.15) is 65.1 Å². The van der Waals surface area contributed by atoms with Gasteiger partial charge in [-0.05, 0) is 66.4 Å². The molecule has 0 N–H and O–H groups in total. The van der Waals surface area contributed by atoms with Gasteiger partial charge in [-0.15, -0.1) is 11.6 Å². The van der Waals surface area contributed by atoms with Crippen molar-refractivity contribution in [3.8, 4) is 29.4 Å². The summed E-state index contributed by atoms with van der Waals surface area (Å²) in [6.07, 6.45) is -12.1. The Labute approximate surface area is 271 Å². The molecule has 0 aliphatic carbocycles. The van der Waals surface area contributed by atoms with Crippen LogP contribution in [0.5, 0.6) is 17.2 Å². The molecule has 0 aliphatic rings. The quantitative estimate of drug-likeness (QED) is 0.131. The van der Waals surface area contributed by atoms with Crippen LogP contribution in [-0.4, -0.2) is 12.4 Å². The van der Waals surface area contributed by atoms with Gasteiger partial charge in [-0.3, -0.25) is 0 Å². The standard InChI is InChI=1S/C34H24Cl2F6N2O2/c1-3-30(26-7-4-8-29(36)27(26)18-43)45-23-14-10-21(11-15-23)32(33(37,38)39,34(40,41)42)22-12-16-24(17-13-22)46-31-9-5-6-25(20(2)35)28(31)19-44/h4-17,20,30H,3H2,1-2H3. The van der Waals surface area contributed by atoms with Crippen LogP contribution in [0.25, 0.3) is 0 Å². The van der Waals surface area contributed by atoms with Crippen molar-refractivity contribution in [2.75, 3.05) is 0 Å². The molecular weight excluding hydrogens is 653 g/mol.